The van der Waals surface area contributed by atoms with E-state index in [0.29, 0.717) is 5.56 Å². The topological polar surface area (TPSA) is 64.6 Å². The molecule has 0 spiro atoms. The first kappa shape index (κ1) is 16.5. The summed E-state index contributed by atoms with van der Waals surface area (Å²) in [7, 11) is 0. The van der Waals surface area contributed by atoms with Gasteiger partial charge in [-0.05, 0) is 45.0 Å². The Morgan fingerprint density at radius 2 is 1.80 bits per heavy atom. The molecule has 20 heavy (non-hydrogen) atoms. The number of halogens is 1. The van der Waals surface area contributed by atoms with E-state index in [1.165, 1.54) is 0 Å². The van der Waals surface area contributed by atoms with Crippen molar-refractivity contribution < 1.29 is 19.1 Å². The van der Waals surface area contributed by atoms with Crippen LogP contribution in [0.5, 0.6) is 0 Å². The summed E-state index contributed by atoms with van der Waals surface area (Å²) in [5, 5.41) is 2.51. The molecule has 0 aliphatic rings. The summed E-state index contributed by atoms with van der Waals surface area (Å²) in [6.45, 7) is 5.63. The van der Waals surface area contributed by atoms with Gasteiger partial charge in [0.25, 0.3) is 0 Å². The van der Waals surface area contributed by atoms with Crippen LogP contribution in [0.25, 0.3) is 0 Å². The largest absolute Gasteiger partial charge is 0.460 e. The second kappa shape index (κ2) is 7.28. The van der Waals surface area contributed by atoms with Crippen molar-refractivity contribution in [3.05, 3.63) is 34.3 Å². The van der Waals surface area contributed by atoms with Crippen molar-refractivity contribution in [3.8, 4) is 0 Å². The Hall–Kier alpha value is -1.56. The van der Waals surface area contributed by atoms with Crippen LogP contribution in [0.2, 0.25) is 0 Å². The van der Waals surface area contributed by atoms with Gasteiger partial charge in [-0.2, -0.15) is 0 Å². The standard InChI is InChI=1S/C14H18BrNO4/c1-14(2,3)20-13(18)16-8-9-19-12(17)10-4-6-11(15)7-5-10/h4-7H,8-9H2,1-3H3,(H,16,18). The molecule has 1 aromatic carbocycles. The number of ether oxygens (including phenoxy) is 2. The zero-order valence-electron chi connectivity index (χ0n) is 11.7. The molecule has 0 aliphatic heterocycles. The smallest absolute Gasteiger partial charge is 0.407 e. The lowest BCUT2D eigenvalue weighted by Gasteiger charge is -2.19. The molecule has 1 aromatic rings. The van der Waals surface area contributed by atoms with Gasteiger partial charge in [-0.25, -0.2) is 9.59 Å². The predicted octanol–water partition coefficient (Wildman–Crippen LogP) is 3.13. The predicted molar refractivity (Wildman–Crippen MR) is 78.7 cm³/mol. The van der Waals surface area contributed by atoms with Crippen LogP contribution in [0.4, 0.5) is 4.79 Å². The fraction of sp³-hybridized carbons (Fsp3) is 0.429. The summed E-state index contributed by atoms with van der Waals surface area (Å²) in [6, 6.07) is 6.84. The number of benzene rings is 1. The Kier molecular flexibility index (Phi) is 6.01. The summed E-state index contributed by atoms with van der Waals surface area (Å²) in [5.74, 6) is -0.427. The second-order valence-corrected chi connectivity index (χ2v) is 5.99. The molecule has 1 rings (SSSR count). The maximum Gasteiger partial charge on any atom is 0.407 e. The van der Waals surface area contributed by atoms with Crippen LogP contribution in [0.1, 0.15) is 31.1 Å². The molecule has 0 saturated carbocycles. The molecule has 6 heteroatoms. The van der Waals surface area contributed by atoms with E-state index < -0.39 is 17.7 Å². The average molecular weight is 344 g/mol. The SMILES string of the molecule is CC(C)(C)OC(=O)NCCOC(=O)c1ccc(Br)cc1. The molecule has 0 fully saturated rings. The number of esters is 1. The van der Waals surface area contributed by atoms with Crippen molar-refractivity contribution in [2.75, 3.05) is 13.2 Å². The Labute approximate surface area is 126 Å². The van der Waals surface area contributed by atoms with E-state index in [2.05, 4.69) is 21.2 Å². The molecule has 0 heterocycles. The van der Waals surface area contributed by atoms with E-state index >= 15 is 0 Å². The monoisotopic (exact) mass is 343 g/mol. The highest BCUT2D eigenvalue weighted by atomic mass is 79.9. The molecule has 0 atom stereocenters. The summed E-state index contributed by atoms with van der Waals surface area (Å²) in [6.07, 6.45) is -0.530. The van der Waals surface area contributed by atoms with E-state index in [9.17, 15) is 9.59 Å². The molecule has 0 saturated heterocycles. The first-order valence-electron chi connectivity index (χ1n) is 6.17. The van der Waals surface area contributed by atoms with Crippen LogP contribution in [-0.4, -0.2) is 30.8 Å². The van der Waals surface area contributed by atoms with Crippen molar-refractivity contribution in [1.82, 2.24) is 5.32 Å². The number of amides is 1. The van der Waals surface area contributed by atoms with Gasteiger partial charge >= 0.3 is 12.1 Å². The maximum atomic E-state index is 11.6. The van der Waals surface area contributed by atoms with Crippen LogP contribution in [0, 0.1) is 0 Å². The molecule has 0 aromatic heterocycles. The van der Waals surface area contributed by atoms with Crippen molar-refractivity contribution in [2.24, 2.45) is 0 Å². The number of alkyl carbamates (subject to hydrolysis) is 1. The lowest BCUT2D eigenvalue weighted by molar-refractivity contribution is 0.0433. The van der Waals surface area contributed by atoms with Crippen molar-refractivity contribution >= 4 is 28.0 Å². The molecule has 1 amide bonds. The van der Waals surface area contributed by atoms with E-state index in [4.69, 9.17) is 9.47 Å². The van der Waals surface area contributed by atoms with Gasteiger partial charge in [0.2, 0.25) is 0 Å². The first-order valence-corrected chi connectivity index (χ1v) is 6.97. The number of hydrogen-bond acceptors (Lipinski definition) is 4. The van der Waals surface area contributed by atoms with Crippen LogP contribution >= 0.6 is 15.9 Å². The number of carbonyl (C=O) groups excluding carboxylic acids is 2. The molecule has 0 bridgehead atoms. The van der Waals surface area contributed by atoms with Gasteiger partial charge < -0.3 is 14.8 Å². The molecule has 1 N–H and O–H groups in total. The second-order valence-electron chi connectivity index (χ2n) is 5.07. The van der Waals surface area contributed by atoms with E-state index in [0.717, 1.165) is 4.47 Å². The zero-order valence-corrected chi connectivity index (χ0v) is 13.3. The Bertz CT molecular complexity index is 465. The normalized spacial score (nSPS) is 10.8. The van der Waals surface area contributed by atoms with E-state index in [-0.39, 0.29) is 13.2 Å². The Morgan fingerprint density at radius 3 is 2.35 bits per heavy atom. The van der Waals surface area contributed by atoms with Crippen molar-refractivity contribution in [1.29, 1.82) is 0 Å². The van der Waals surface area contributed by atoms with Gasteiger partial charge in [0.15, 0.2) is 0 Å². The minimum absolute atomic E-state index is 0.0914. The van der Waals surface area contributed by atoms with Crippen molar-refractivity contribution in [3.63, 3.8) is 0 Å². The van der Waals surface area contributed by atoms with Gasteiger partial charge in [-0.3, -0.25) is 0 Å². The first-order chi connectivity index (χ1) is 9.28. The molecular weight excluding hydrogens is 326 g/mol. The summed E-state index contributed by atoms with van der Waals surface area (Å²) < 4.78 is 11.0. The molecule has 110 valence electrons. The van der Waals surface area contributed by atoms with Crippen LogP contribution in [0.3, 0.4) is 0 Å². The van der Waals surface area contributed by atoms with Gasteiger partial charge in [-0.15, -0.1) is 0 Å². The molecule has 0 unspecified atom stereocenters. The fourth-order valence-electron chi connectivity index (χ4n) is 1.28. The number of rotatable bonds is 4. The highest BCUT2D eigenvalue weighted by molar-refractivity contribution is 9.10. The van der Waals surface area contributed by atoms with Gasteiger partial charge in [-0.1, -0.05) is 15.9 Å². The average Bonchev–Trinajstić information content (AvgIpc) is 2.33. The summed E-state index contributed by atoms with van der Waals surface area (Å²) in [5.41, 5.74) is -0.0801. The van der Waals surface area contributed by atoms with Gasteiger partial charge in [0.05, 0.1) is 12.1 Å². The van der Waals surface area contributed by atoms with E-state index in [1.807, 2.05) is 0 Å². The summed E-state index contributed by atoms with van der Waals surface area (Å²) in [4.78, 5) is 23.0. The minimum atomic E-state index is -0.543. The van der Waals surface area contributed by atoms with Crippen LogP contribution in [-0.2, 0) is 9.47 Å². The van der Waals surface area contributed by atoms with Crippen molar-refractivity contribution in [2.45, 2.75) is 26.4 Å². The Morgan fingerprint density at radius 1 is 1.20 bits per heavy atom. The van der Waals surface area contributed by atoms with Gasteiger partial charge in [0, 0.05) is 4.47 Å². The van der Waals surface area contributed by atoms with E-state index in [1.54, 1.807) is 45.0 Å². The van der Waals surface area contributed by atoms with Gasteiger partial charge in [0.1, 0.15) is 12.2 Å². The third-order valence-electron chi connectivity index (χ3n) is 2.08. The lowest BCUT2D eigenvalue weighted by Crippen LogP contribution is -2.34. The molecular formula is C14H18BrNO4. The highest BCUT2D eigenvalue weighted by Crippen LogP contribution is 2.11. The molecule has 0 radical (unpaired) electrons. The third-order valence-corrected chi connectivity index (χ3v) is 2.61. The summed E-state index contributed by atoms with van der Waals surface area (Å²) >= 11 is 3.28. The zero-order chi connectivity index (χ0) is 15.2. The Balaban J connectivity index is 2.26. The number of carbonyl (C=O) groups is 2. The number of hydrogen-bond donors (Lipinski definition) is 1. The van der Waals surface area contributed by atoms with Crippen LogP contribution in [0.15, 0.2) is 28.7 Å². The quantitative estimate of drug-likeness (QED) is 0.673. The fourth-order valence-corrected chi connectivity index (χ4v) is 1.54. The van der Waals surface area contributed by atoms with Crippen LogP contribution < -0.4 is 5.32 Å². The lowest BCUT2D eigenvalue weighted by atomic mass is 10.2. The number of nitrogens with one attached hydrogen (secondary N) is 1. The maximum absolute atomic E-state index is 11.6. The third kappa shape index (κ3) is 6.56. The highest BCUT2D eigenvalue weighted by Gasteiger charge is 2.15. The molecule has 5 nitrogen and oxygen atoms in total. The molecule has 0 aliphatic carbocycles. The minimum Gasteiger partial charge on any atom is -0.460 e.